The maximum atomic E-state index is 11.2. The molecule has 4 N–H and O–H groups in total. The highest BCUT2D eigenvalue weighted by Crippen LogP contribution is 2.26. The number of carbonyl (C=O) groups excluding carboxylic acids is 1. The lowest BCUT2D eigenvalue weighted by Gasteiger charge is -2.31. The first-order valence-electron chi connectivity index (χ1n) is 5.20. The molecule has 0 aliphatic rings. The lowest BCUT2D eigenvalue weighted by Crippen LogP contribution is -2.57. The van der Waals surface area contributed by atoms with Crippen molar-refractivity contribution in [2.24, 2.45) is 5.92 Å². The molecule has 0 aliphatic carbocycles. The minimum Gasteiger partial charge on any atom is -0.479 e. The highest BCUT2D eigenvalue weighted by molar-refractivity contribution is 5.88. The summed E-state index contributed by atoms with van der Waals surface area (Å²) in [5.74, 6) is -5.94. The Morgan fingerprint density at radius 1 is 1.28 bits per heavy atom. The quantitative estimate of drug-likeness (QED) is 0.422. The minimum absolute atomic E-state index is 0.0680. The summed E-state index contributed by atoms with van der Waals surface area (Å²) in [5, 5.41) is 36.4. The molecule has 0 fully saturated rings. The Labute approximate surface area is 103 Å². The van der Waals surface area contributed by atoms with Crippen LogP contribution in [0.5, 0.6) is 0 Å². The molecule has 0 rings (SSSR count). The van der Waals surface area contributed by atoms with E-state index in [-0.39, 0.29) is 6.61 Å². The van der Waals surface area contributed by atoms with Crippen molar-refractivity contribution >= 4 is 17.9 Å². The molecule has 0 spiro atoms. The fraction of sp³-hybridized carbons (Fsp3) is 0.700. The number of hydrogen-bond donors (Lipinski definition) is 4. The van der Waals surface area contributed by atoms with E-state index < -0.39 is 42.0 Å². The predicted molar refractivity (Wildman–Crippen MR) is 56.6 cm³/mol. The minimum atomic E-state index is -2.96. The van der Waals surface area contributed by atoms with E-state index in [0.717, 1.165) is 6.92 Å². The zero-order valence-corrected chi connectivity index (χ0v) is 9.99. The largest absolute Gasteiger partial charge is 0.479 e. The van der Waals surface area contributed by atoms with Crippen LogP contribution in [-0.4, -0.2) is 56.6 Å². The first-order valence-corrected chi connectivity index (χ1v) is 5.20. The summed E-state index contributed by atoms with van der Waals surface area (Å²) < 4.78 is 4.56. The summed E-state index contributed by atoms with van der Waals surface area (Å²) in [4.78, 5) is 32.7. The zero-order valence-electron chi connectivity index (χ0n) is 9.99. The van der Waals surface area contributed by atoms with E-state index in [1.165, 1.54) is 6.92 Å². The van der Waals surface area contributed by atoms with Crippen LogP contribution in [0.2, 0.25) is 0 Å². The number of carboxylic acids is 2. The number of hydrogen-bond acceptors (Lipinski definition) is 6. The number of rotatable bonds is 7. The van der Waals surface area contributed by atoms with E-state index >= 15 is 0 Å². The molecule has 3 unspecified atom stereocenters. The van der Waals surface area contributed by atoms with Crippen molar-refractivity contribution in [2.75, 3.05) is 6.61 Å². The van der Waals surface area contributed by atoms with E-state index in [4.69, 9.17) is 10.2 Å². The average Bonchev–Trinajstić information content (AvgIpc) is 2.26. The van der Waals surface area contributed by atoms with Crippen LogP contribution in [-0.2, 0) is 19.1 Å². The fourth-order valence-electron chi connectivity index (χ4n) is 1.41. The van der Waals surface area contributed by atoms with E-state index in [9.17, 15) is 24.6 Å². The SMILES string of the molecule is CCOC(=O)CC(C)C(O)(C(=O)O)C(O)C(=O)O. The Balaban J connectivity index is 5.05. The number of aliphatic hydroxyl groups excluding tert-OH is 1. The van der Waals surface area contributed by atoms with Crippen molar-refractivity contribution in [1.29, 1.82) is 0 Å². The number of carboxylic acid groups (broad SMARTS) is 2. The molecule has 104 valence electrons. The van der Waals surface area contributed by atoms with Crippen LogP contribution in [0.25, 0.3) is 0 Å². The molecule has 0 aromatic carbocycles. The van der Waals surface area contributed by atoms with Gasteiger partial charge in [-0.1, -0.05) is 6.92 Å². The van der Waals surface area contributed by atoms with Crippen molar-refractivity contribution in [3.05, 3.63) is 0 Å². The van der Waals surface area contributed by atoms with Gasteiger partial charge in [0.1, 0.15) is 0 Å². The molecule has 0 saturated heterocycles. The van der Waals surface area contributed by atoms with E-state index in [2.05, 4.69) is 4.74 Å². The summed E-state index contributed by atoms with van der Waals surface area (Å²) in [6.07, 6.45) is -3.07. The van der Waals surface area contributed by atoms with Crippen LogP contribution in [0, 0.1) is 5.92 Å². The standard InChI is InChI=1S/C10H16O8/c1-3-18-6(11)4-5(2)10(17,9(15)16)7(12)8(13)14/h5,7,12,17H,3-4H2,1-2H3,(H,13,14)(H,15,16). The first-order chi connectivity index (χ1) is 8.17. The third-order valence-corrected chi connectivity index (χ3v) is 2.52. The number of carbonyl (C=O) groups is 3. The average molecular weight is 264 g/mol. The highest BCUT2D eigenvalue weighted by atomic mass is 16.5. The van der Waals surface area contributed by atoms with Crippen LogP contribution < -0.4 is 0 Å². The molecule has 0 amide bonds. The van der Waals surface area contributed by atoms with Gasteiger partial charge in [0.05, 0.1) is 13.0 Å². The lowest BCUT2D eigenvalue weighted by molar-refractivity contribution is -0.193. The molecule has 0 aliphatic heterocycles. The molecule has 0 radical (unpaired) electrons. The molecule has 8 nitrogen and oxygen atoms in total. The molecule has 0 heterocycles. The molecule has 3 atom stereocenters. The lowest BCUT2D eigenvalue weighted by atomic mass is 9.81. The van der Waals surface area contributed by atoms with Gasteiger partial charge >= 0.3 is 17.9 Å². The molecular weight excluding hydrogens is 248 g/mol. The number of aliphatic hydroxyl groups is 2. The molecule has 0 saturated carbocycles. The second-order valence-electron chi connectivity index (χ2n) is 3.78. The topological polar surface area (TPSA) is 141 Å². The molecular formula is C10H16O8. The maximum Gasteiger partial charge on any atom is 0.339 e. The van der Waals surface area contributed by atoms with E-state index in [1.54, 1.807) is 0 Å². The third kappa shape index (κ3) is 3.41. The van der Waals surface area contributed by atoms with Gasteiger partial charge in [-0.05, 0) is 6.92 Å². The maximum absolute atomic E-state index is 11.2. The molecule has 0 aromatic rings. The summed E-state index contributed by atoms with van der Waals surface area (Å²) in [5.41, 5.74) is -2.96. The molecule has 0 bridgehead atoms. The number of ether oxygens (including phenoxy) is 1. The Kier molecular flexibility index (Phi) is 5.73. The highest BCUT2D eigenvalue weighted by Gasteiger charge is 2.52. The Bertz CT molecular complexity index is 339. The number of esters is 1. The summed E-state index contributed by atoms with van der Waals surface area (Å²) in [6.45, 7) is 2.74. The molecule has 0 aromatic heterocycles. The monoisotopic (exact) mass is 264 g/mol. The summed E-state index contributed by atoms with van der Waals surface area (Å²) in [7, 11) is 0. The van der Waals surface area contributed by atoms with Gasteiger partial charge in [0, 0.05) is 5.92 Å². The van der Waals surface area contributed by atoms with Gasteiger partial charge in [0.25, 0.3) is 0 Å². The second kappa shape index (κ2) is 6.31. The van der Waals surface area contributed by atoms with E-state index in [0.29, 0.717) is 0 Å². The third-order valence-electron chi connectivity index (χ3n) is 2.52. The van der Waals surface area contributed by atoms with Gasteiger partial charge < -0.3 is 25.2 Å². The second-order valence-corrected chi connectivity index (χ2v) is 3.78. The predicted octanol–water partition coefficient (Wildman–Crippen LogP) is -1.16. The van der Waals surface area contributed by atoms with Crippen molar-refractivity contribution in [1.82, 2.24) is 0 Å². The zero-order chi connectivity index (χ0) is 14.5. The first kappa shape index (κ1) is 16.3. The van der Waals surface area contributed by atoms with Gasteiger partial charge in [-0.3, -0.25) is 4.79 Å². The molecule has 8 heteroatoms. The van der Waals surface area contributed by atoms with Gasteiger partial charge in [-0.25, -0.2) is 9.59 Å². The van der Waals surface area contributed by atoms with Crippen LogP contribution in [0.3, 0.4) is 0 Å². The Hall–Kier alpha value is -1.67. The van der Waals surface area contributed by atoms with Crippen molar-refractivity contribution in [3.63, 3.8) is 0 Å². The normalized spacial score (nSPS) is 17.3. The van der Waals surface area contributed by atoms with Gasteiger partial charge in [0.2, 0.25) is 5.60 Å². The van der Waals surface area contributed by atoms with Crippen molar-refractivity contribution in [3.8, 4) is 0 Å². The van der Waals surface area contributed by atoms with Gasteiger partial charge in [-0.15, -0.1) is 0 Å². The van der Waals surface area contributed by atoms with Crippen molar-refractivity contribution < 1.29 is 39.5 Å². The summed E-state index contributed by atoms with van der Waals surface area (Å²) in [6, 6.07) is 0. The van der Waals surface area contributed by atoms with Crippen LogP contribution in [0.1, 0.15) is 20.3 Å². The van der Waals surface area contributed by atoms with E-state index in [1.807, 2.05) is 0 Å². The Morgan fingerprint density at radius 3 is 2.11 bits per heavy atom. The van der Waals surface area contributed by atoms with Gasteiger partial charge in [-0.2, -0.15) is 0 Å². The summed E-state index contributed by atoms with van der Waals surface area (Å²) >= 11 is 0. The Morgan fingerprint density at radius 2 is 1.78 bits per heavy atom. The smallest absolute Gasteiger partial charge is 0.339 e. The molecule has 18 heavy (non-hydrogen) atoms. The fourth-order valence-corrected chi connectivity index (χ4v) is 1.41. The van der Waals surface area contributed by atoms with Gasteiger partial charge in [0.15, 0.2) is 6.10 Å². The number of aliphatic carboxylic acids is 2. The van der Waals surface area contributed by atoms with Crippen molar-refractivity contribution in [2.45, 2.75) is 32.0 Å². The van der Waals surface area contributed by atoms with Crippen LogP contribution in [0.15, 0.2) is 0 Å². The van der Waals surface area contributed by atoms with Crippen LogP contribution in [0.4, 0.5) is 0 Å². The van der Waals surface area contributed by atoms with Crippen LogP contribution >= 0.6 is 0 Å².